The second-order valence-electron chi connectivity index (χ2n) is 10.5. The van der Waals surface area contributed by atoms with Crippen LogP contribution in [0.3, 0.4) is 0 Å². The molecule has 0 atom stereocenters. The second kappa shape index (κ2) is 14.8. The molecule has 1 aliphatic heterocycles. The molecule has 0 spiro atoms. The summed E-state index contributed by atoms with van der Waals surface area (Å²) < 4.78 is 63.8. The molecule has 0 N–H and O–H groups in total. The first kappa shape index (κ1) is 33.8. The molecule has 0 unspecified atom stereocenters. The van der Waals surface area contributed by atoms with E-state index in [1.165, 1.54) is 6.07 Å². The predicted molar refractivity (Wildman–Crippen MR) is 176 cm³/mol. The number of fused-ring (bicyclic) bond motifs is 2. The number of benzene rings is 3. The quantitative estimate of drug-likeness (QED) is 0.0696. The minimum Gasteiger partial charge on any atom is -0.744 e. The zero-order chi connectivity index (χ0) is 31.9. The van der Waals surface area contributed by atoms with Gasteiger partial charge in [0.2, 0.25) is 5.36 Å². The largest absolute Gasteiger partial charge is 0.744 e. The van der Waals surface area contributed by atoms with Crippen LogP contribution in [0.1, 0.15) is 41.0 Å². The van der Waals surface area contributed by atoms with E-state index in [2.05, 4.69) is 23.3 Å². The standard InChI is InChI=1S/C33H44N2O7SSi/c1-7-35(8-2)26-18-20-28-31(24-26)42-30-23-25(34(6)21-14-22-44(39-9-3,40-10-4)41-11-5)17-19-27(30)33(28)29-15-12-13-16-32(29)43(36,37)38/h12-13,15-20,23-24H,7-11,14,21-22H2,1-6H3. The van der Waals surface area contributed by atoms with Crippen LogP contribution in [-0.4, -0.2) is 68.3 Å². The van der Waals surface area contributed by atoms with Gasteiger partial charge in [0.15, 0.2) is 0 Å². The first-order valence-electron chi connectivity index (χ1n) is 15.4. The molecule has 0 saturated carbocycles. The molecule has 11 heteroatoms. The maximum atomic E-state index is 12.3. The summed E-state index contributed by atoms with van der Waals surface area (Å²) in [5.74, 6) is 0.591. The molecule has 0 bridgehead atoms. The van der Waals surface area contributed by atoms with Gasteiger partial charge >= 0.3 is 8.80 Å². The van der Waals surface area contributed by atoms with Crippen molar-refractivity contribution in [1.29, 1.82) is 0 Å². The monoisotopic (exact) mass is 640 g/mol. The van der Waals surface area contributed by atoms with Crippen LogP contribution in [0.5, 0.6) is 0 Å². The van der Waals surface area contributed by atoms with E-state index < -0.39 is 18.9 Å². The van der Waals surface area contributed by atoms with Crippen LogP contribution in [0, 0.1) is 0 Å². The van der Waals surface area contributed by atoms with Crippen LogP contribution < -0.4 is 14.8 Å². The minimum absolute atomic E-state index is 0.256. The lowest BCUT2D eigenvalue weighted by atomic mass is 9.93. The van der Waals surface area contributed by atoms with Crippen molar-refractivity contribution >= 4 is 35.6 Å². The lowest BCUT2D eigenvalue weighted by Gasteiger charge is -2.28. The van der Waals surface area contributed by atoms with E-state index >= 15 is 0 Å². The number of hydrogen-bond donors (Lipinski definition) is 0. The molecule has 2 aromatic carbocycles. The van der Waals surface area contributed by atoms with Crippen molar-refractivity contribution in [1.82, 2.24) is 4.58 Å². The Kier molecular flexibility index (Phi) is 11.4. The van der Waals surface area contributed by atoms with Crippen LogP contribution in [0.25, 0.3) is 33.4 Å². The summed E-state index contributed by atoms with van der Waals surface area (Å²) in [6.45, 7) is 14.1. The van der Waals surface area contributed by atoms with Gasteiger partial charge in [0.25, 0.3) is 0 Å². The maximum absolute atomic E-state index is 12.3. The van der Waals surface area contributed by atoms with Crippen molar-refractivity contribution in [3.63, 3.8) is 0 Å². The Morgan fingerprint density at radius 3 is 2.14 bits per heavy atom. The molecule has 0 saturated heterocycles. The molecule has 2 aromatic rings. The predicted octanol–water partition coefficient (Wildman–Crippen LogP) is 5.80. The summed E-state index contributed by atoms with van der Waals surface area (Å²) in [5.41, 5.74) is 3.33. The topological polar surface area (TPSA) is 104 Å². The van der Waals surface area contributed by atoms with E-state index in [0.717, 1.165) is 48.0 Å². The first-order valence-corrected chi connectivity index (χ1v) is 18.7. The highest BCUT2D eigenvalue weighted by Crippen LogP contribution is 2.42. The number of anilines is 1. The first-order chi connectivity index (χ1) is 21.1. The third-order valence-corrected chi connectivity index (χ3v) is 11.8. The third kappa shape index (κ3) is 7.41. The van der Waals surface area contributed by atoms with Gasteiger partial charge in [-0.2, -0.15) is 0 Å². The molecular formula is C33H44N2O7SSi. The Morgan fingerprint density at radius 1 is 0.864 bits per heavy atom. The highest BCUT2D eigenvalue weighted by Gasteiger charge is 2.40. The summed E-state index contributed by atoms with van der Waals surface area (Å²) in [6.07, 6.45) is 0.808. The van der Waals surface area contributed by atoms with Gasteiger partial charge < -0.3 is 27.1 Å². The van der Waals surface area contributed by atoms with Crippen molar-refractivity contribution in [2.75, 3.05) is 51.4 Å². The molecule has 2 aliphatic rings. The van der Waals surface area contributed by atoms with Crippen LogP contribution in [0.4, 0.5) is 5.69 Å². The lowest BCUT2D eigenvalue weighted by Crippen LogP contribution is -2.46. The van der Waals surface area contributed by atoms with Crippen molar-refractivity contribution in [2.24, 2.45) is 0 Å². The Labute approximate surface area is 262 Å². The van der Waals surface area contributed by atoms with Gasteiger partial charge in [-0.25, -0.2) is 13.0 Å². The van der Waals surface area contributed by atoms with Gasteiger partial charge in [-0.05, 0) is 58.9 Å². The summed E-state index contributed by atoms with van der Waals surface area (Å²) in [5, 5.41) is 1.67. The fourth-order valence-corrected chi connectivity index (χ4v) is 9.01. The zero-order valence-corrected chi connectivity index (χ0v) is 28.4. The summed E-state index contributed by atoms with van der Waals surface area (Å²) in [6, 6.07) is 18.9. The molecule has 0 radical (unpaired) electrons. The molecule has 238 valence electrons. The Bertz CT molecular complexity index is 1700. The molecular weight excluding hydrogens is 597 g/mol. The smallest absolute Gasteiger partial charge is 0.501 e. The Balaban J connectivity index is 1.86. The number of hydrogen-bond acceptors (Lipinski definition) is 8. The molecule has 4 rings (SSSR count). The van der Waals surface area contributed by atoms with Gasteiger partial charge in [0.05, 0.1) is 11.0 Å². The van der Waals surface area contributed by atoms with Crippen molar-refractivity contribution < 1.29 is 30.7 Å². The van der Waals surface area contributed by atoms with Crippen LogP contribution in [0.2, 0.25) is 6.04 Å². The van der Waals surface area contributed by atoms with Gasteiger partial charge in [-0.15, -0.1) is 0 Å². The highest BCUT2D eigenvalue weighted by atomic mass is 32.2. The van der Waals surface area contributed by atoms with Crippen LogP contribution in [0.15, 0.2) is 70.0 Å². The molecule has 1 heterocycles. The zero-order valence-electron chi connectivity index (χ0n) is 26.6. The minimum atomic E-state index is -4.73. The van der Waals surface area contributed by atoms with Crippen LogP contribution >= 0.6 is 0 Å². The molecule has 9 nitrogen and oxygen atoms in total. The van der Waals surface area contributed by atoms with E-state index in [4.69, 9.17) is 17.7 Å². The second-order valence-corrected chi connectivity index (χ2v) is 14.5. The average molecular weight is 641 g/mol. The van der Waals surface area contributed by atoms with Crippen molar-refractivity contribution in [3.8, 4) is 22.5 Å². The van der Waals surface area contributed by atoms with Crippen molar-refractivity contribution in [2.45, 2.75) is 52.0 Å². The molecule has 1 aliphatic carbocycles. The van der Waals surface area contributed by atoms with E-state index in [0.29, 0.717) is 48.3 Å². The van der Waals surface area contributed by atoms with Gasteiger partial charge in [-0.1, -0.05) is 18.2 Å². The molecule has 44 heavy (non-hydrogen) atoms. The number of rotatable bonds is 15. The fraction of sp³-hybridized carbons (Fsp3) is 0.424. The Hall–Kier alpha value is -3.06. The summed E-state index contributed by atoms with van der Waals surface area (Å²) in [7, 11) is -5.46. The average Bonchev–Trinajstić information content (AvgIpc) is 3.00. The fourth-order valence-electron chi connectivity index (χ4n) is 5.73. The SMILES string of the molecule is CCO[Si](CCC[N+](C)=c1ccc2c(-c3ccccc3S(=O)(=O)[O-])c3ccc(N(CC)CC)cc3oc-2c1)(OCC)OCC. The van der Waals surface area contributed by atoms with E-state index in [1.807, 2.05) is 64.2 Å². The van der Waals surface area contributed by atoms with Crippen molar-refractivity contribution in [3.05, 3.63) is 66.0 Å². The summed E-state index contributed by atoms with van der Waals surface area (Å²) >= 11 is 0. The van der Waals surface area contributed by atoms with E-state index in [1.54, 1.807) is 18.2 Å². The normalized spacial score (nSPS) is 13.1. The molecule has 0 fully saturated rings. The van der Waals surface area contributed by atoms with Gasteiger partial charge in [0.1, 0.15) is 35.1 Å². The number of nitrogens with zero attached hydrogens (tertiary/aromatic N) is 2. The van der Waals surface area contributed by atoms with E-state index in [9.17, 15) is 13.0 Å². The molecule has 0 amide bonds. The highest BCUT2D eigenvalue weighted by molar-refractivity contribution is 7.85. The van der Waals surface area contributed by atoms with E-state index in [-0.39, 0.29) is 4.90 Å². The lowest BCUT2D eigenvalue weighted by molar-refractivity contribution is 0.0707. The van der Waals surface area contributed by atoms with Gasteiger partial charge in [0, 0.05) is 85.3 Å². The Morgan fingerprint density at radius 2 is 1.52 bits per heavy atom. The maximum Gasteiger partial charge on any atom is 0.501 e. The third-order valence-electron chi connectivity index (χ3n) is 7.75. The molecule has 0 aromatic heterocycles. The summed E-state index contributed by atoms with van der Waals surface area (Å²) in [4.78, 5) is 1.96. The van der Waals surface area contributed by atoms with Crippen LogP contribution in [-0.2, 0) is 23.4 Å². The van der Waals surface area contributed by atoms with Gasteiger partial charge in [-0.3, -0.25) is 0 Å².